The van der Waals surface area contributed by atoms with Crippen LogP contribution in [0.15, 0.2) is 64.3 Å². The van der Waals surface area contributed by atoms with Crippen molar-refractivity contribution in [3.05, 3.63) is 77.3 Å². The molecule has 0 saturated carbocycles. The number of amides is 1. The highest BCUT2D eigenvalue weighted by atomic mass is 32.2. The maximum absolute atomic E-state index is 12.5. The van der Waals surface area contributed by atoms with Gasteiger partial charge in [0.1, 0.15) is 10.8 Å². The van der Waals surface area contributed by atoms with Gasteiger partial charge in [-0.3, -0.25) is 4.79 Å². The van der Waals surface area contributed by atoms with Crippen molar-refractivity contribution in [2.24, 2.45) is 0 Å². The summed E-state index contributed by atoms with van der Waals surface area (Å²) >= 11 is 1.36. The molecule has 8 nitrogen and oxygen atoms in total. The first-order chi connectivity index (χ1) is 14.4. The first-order valence-corrected chi connectivity index (χ1v) is 11.9. The van der Waals surface area contributed by atoms with E-state index < -0.39 is 10.0 Å². The van der Waals surface area contributed by atoms with Crippen LogP contribution >= 0.6 is 11.8 Å². The first-order valence-electron chi connectivity index (χ1n) is 9.22. The molecule has 2 heterocycles. The molecule has 3 aromatic rings. The average Bonchev–Trinajstić information content (AvgIpc) is 3.17. The molecule has 1 aromatic carbocycles. The minimum atomic E-state index is -3.52. The molecule has 0 atom stereocenters. The summed E-state index contributed by atoms with van der Waals surface area (Å²) in [5.41, 5.74) is 2.01. The van der Waals surface area contributed by atoms with E-state index in [0.29, 0.717) is 22.1 Å². The first kappa shape index (κ1) is 22.0. The Bertz CT molecular complexity index is 1080. The van der Waals surface area contributed by atoms with Gasteiger partial charge in [0.25, 0.3) is 5.91 Å². The summed E-state index contributed by atoms with van der Waals surface area (Å²) in [6, 6.07) is 14.4. The van der Waals surface area contributed by atoms with Crippen molar-refractivity contribution in [2.45, 2.75) is 24.2 Å². The SMILES string of the molecule is Cc1cc(CSc2ncccc2C(=O)NCCS(=O)(=O)NCc2ccccc2)no1. The normalized spacial score (nSPS) is 11.4. The Labute approximate surface area is 179 Å². The van der Waals surface area contributed by atoms with Gasteiger partial charge in [-0.25, -0.2) is 18.1 Å². The van der Waals surface area contributed by atoms with E-state index in [4.69, 9.17) is 4.52 Å². The molecular formula is C20H22N4O4S2. The number of benzene rings is 1. The van der Waals surface area contributed by atoms with E-state index in [9.17, 15) is 13.2 Å². The highest BCUT2D eigenvalue weighted by Gasteiger charge is 2.15. The summed E-state index contributed by atoms with van der Waals surface area (Å²) in [7, 11) is -3.52. The molecule has 0 saturated heterocycles. The molecule has 0 fully saturated rings. The number of sulfonamides is 1. The number of aromatic nitrogens is 2. The average molecular weight is 447 g/mol. The summed E-state index contributed by atoms with van der Waals surface area (Å²) in [5.74, 6) is 0.630. The third-order valence-electron chi connectivity index (χ3n) is 4.04. The Morgan fingerprint density at radius 3 is 2.70 bits per heavy atom. The van der Waals surface area contributed by atoms with Crippen LogP contribution in [-0.4, -0.2) is 36.8 Å². The zero-order valence-electron chi connectivity index (χ0n) is 16.4. The Hall–Kier alpha value is -2.69. The van der Waals surface area contributed by atoms with E-state index in [1.165, 1.54) is 11.8 Å². The van der Waals surface area contributed by atoms with E-state index in [1.54, 1.807) is 18.3 Å². The van der Waals surface area contributed by atoms with Crippen molar-refractivity contribution in [1.82, 2.24) is 20.2 Å². The van der Waals surface area contributed by atoms with Crippen molar-refractivity contribution in [3.8, 4) is 0 Å². The minimum absolute atomic E-state index is 0.00949. The third kappa shape index (κ3) is 6.68. The predicted octanol–water partition coefficient (Wildman–Crippen LogP) is 2.52. The number of nitrogens with one attached hydrogen (secondary N) is 2. The largest absolute Gasteiger partial charge is 0.361 e. The second-order valence-corrected chi connectivity index (χ2v) is 9.35. The monoisotopic (exact) mass is 446 g/mol. The Morgan fingerprint density at radius 1 is 1.17 bits per heavy atom. The van der Waals surface area contributed by atoms with Gasteiger partial charge in [-0.05, 0) is 24.6 Å². The van der Waals surface area contributed by atoms with Gasteiger partial charge in [0.05, 0.1) is 17.0 Å². The lowest BCUT2D eigenvalue weighted by molar-refractivity contribution is 0.0952. The molecule has 1 amide bonds. The van der Waals surface area contributed by atoms with Crippen molar-refractivity contribution >= 4 is 27.7 Å². The summed E-state index contributed by atoms with van der Waals surface area (Å²) in [4.78, 5) is 16.8. The number of carbonyl (C=O) groups is 1. The van der Waals surface area contributed by atoms with Gasteiger partial charge in [0.2, 0.25) is 10.0 Å². The zero-order chi connectivity index (χ0) is 21.4. The molecule has 0 spiro atoms. The number of rotatable bonds is 10. The van der Waals surface area contributed by atoms with Crippen LogP contribution in [0.5, 0.6) is 0 Å². The molecule has 30 heavy (non-hydrogen) atoms. The number of pyridine rings is 1. The summed E-state index contributed by atoms with van der Waals surface area (Å²) in [6.07, 6.45) is 1.60. The molecule has 0 radical (unpaired) electrons. The second kappa shape index (κ2) is 10.4. The lowest BCUT2D eigenvalue weighted by Crippen LogP contribution is -2.34. The van der Waals surface area contributed by atoms with Gasteiger partial charge in [0, 0.05) is 31.1 Å². The molecule has 3 rings (SSSR count). The fraction of sp³-hybridized carbons (Fsp3) is 0.250. The lowest BCUT2D eigenvalue weighted by atomic mass is 10.2. The number of nitrogens with zero attached hydrogens (tertiary/aromatic N) is 2. The minimum Gasteiger partial charge on any atom is -0.361 e. The maximum atomic E-state index is 12.5. The fourth-order valence-electron chi connectivity index (χ4n) is 2.56. The number of thioether (sulfide) groups is 1. The van der Waals surface area contributed by atoms with Crippen LogP contribution in [0.4, 0.5) is 0 Å². The summed E-state index contributed by atoms with van der Waals surface area (Å²) in [6.45, 7) is 2.01. The highest BCUT2D eigenvalue weighted by Crippen LogP contribution is 2.24. The summed E-state index contributed by atoms with van der Waals surface area (Å²) in [5, 5.41) is 7.12. The quantitative estimate of drug-likeness (QED) is 0.460. The molecule has 0 unspecified atom stereocenters. The van der Waals surface area contributed by atoms with Crippen molar-refractivity contribution in [1.29, 1.82) is 0 Å². The molecule has 0 bridgehead atoms. The van der Waals surface area contributed by atoms with Crippen LogP contribution < -0.4 is 10.0 Å². The second-order valence-electron chi connectivity index (χ2n) is 6.46. The molecule has 0 aliphatic heterocycles. The zero-order valence-corrected chi connectivity index (χ0v) is 18.0. The van der Waals surface area contributed by atoms with Crippen molar-refractivity contribution in [2.75, 3.05) is 12.3 Å². The van der Waals surface area contributed by atoms with Gasteiger partial charge < -0.3 is 9.84 Å². The van der Waals surface area contributed by atoms with Gasteiger partial charge >= 0.3 is 0 Å². The molecule has 0 aliphatic rings. The van der Waals surface area contributed by atoms with Crippen LogP contribution in [0.25, 0.3) is 0 Å². The smallest absolute Gasteiger partial charge is 0.254 e. The van der Waals surface area contributed by atoms with Crippen LogP contribution in [0.1, 0.15) is 27.4 Å². The molecule has 158 valence electrons. The number of hydrogen-bond acceptors (Lipinski definition) is 7. The van der Waals surface area contributed by atoms with Gasteiger partial charge in [-0.15, -0.1) is 0 Å². The van der Waals surface area contributed by atoms with Crippen LogP contribution in [0.3, 0.4) is 0 Å². The van der Waals surface area contributed by atoms with E-state index in [2.05, 4.69) is 20.2 Å². The molecule has 0 aliphatic carbocycles. The number of aryl methyl sites for hydroxylation is 1. The maximum Gasteiger partial charge on any atom is 0.254 e. The van der Waals surface area contributed by atoms with Gasteiger partial charge in [-0.2, -0.15) is 0 Å². The molecule has 2 N–H and O–H groups in total. The summed E-state index contributed by atoms with van der Waals surface area (Å²) < 4.78 is 31.9. The Balaban J connectivity index is 1.50. The third-order valence-corrected chi connectivity index (χ3v) is 6.41. The number of hydrogen-bond donors (Lipinski definition) is 2. The van der Waals surface area contributed by atoms with Gasteiger partial charge in [0.15, 0.2) is 0 Å². The van der Waals surface area contributed by atoms with Crippen LogP contribution in [-0.2, 0) is 22.3 Å². The van der Waals surface area contributed by atoms with E-state index in [1.807, 2.05) is 43.3 Å². The molecule has 10 heteroatoms. The van der Waals surface area contributed by atoms with E-state index in [0.717, 1.165) is 11.3 Å². The Morgan fingerprint density at radius 2 is 1.97 bits per heavy atom. The number of carbonyl (C=O) groups excluding carboxylic acids is 1. The fourth-order valence-corrected chi connectivity index (χ4v) is 4.34. The van der Waals surface area contributed by atoms with Crippen LogP contribution in [0.2, 0.25) is 0 Å². The topological polar surface area (TPSA) is 114 Å². The lowest BCUT2D eigenvalue weighted by Gasteiger charge is -2.10. The predicted molar refractivity (Wildman–Crippen MR) is 114 cm³/mol. The Kier molecular flexibility index (Phi) is 7.61. The molecule has 2 aromatic heterocycles. The molecular weight excluding hydrogens is 424 g/mol. The highest BCUT2D eigenvalue weighted by molar-refractivity contribution is 7.98. The van der Waals surface area contributed by atoms with E-state index in [-0.39, 0.29) is 24.7 Å². The van der Waals surface area contributed by atoms with Crippen molar-refractivity contribution in [3.63, 3.8) is 0 Å². The van der Waals surface area contributed by atoms with Gasteiger partial charge in [-0.1, -0.05) is 47.3 Å². The standard InChI is InChI=1S/C20H22N4O4S2/c1-15-12-17(24-28-15)14-29-20-18(8-5-9-22-20)19(25)21-10-11-30(26,27)23-13-16-6-3-2-4-7-16/h2-9,12,23H,10-11,13-14H2,1H3,(H,21,25). The van der Waals surface area contributed by atoms with E-state index >= 15 is 0 Å². The van der Waals surface area contributed by atoms with Crippen molar-refractivity contribution < 1.29 is 17.7 Å². The van der Waals surface area contributed by atoms with Crippen LogP contribution in [0, 0.1) is 6.92 Å².